The normalized spacial score (nSPS) is 12.0. The van der Waals surface area contributed by atoms with Gasteiger partial charge in [-0.25, -0.2) is 0 Å². The number of ketones is 1. The molecule has 3 rings (SSSR count). The van der Waals surface area contributed by atoms with E-state index in [1.165, 1.54) is 0 Å². The van der Waals surface area contributed by atoms with Gasteiger partial charge in [-0.3, -0.25) is 9.78 Å². The lowest BCUT2D eigenvalue weighted by atomic mass is 9.95. The molecule has 2 heterocycles. The first-order valence-electron chi connectivity index (χ1n) is 7.19. The van der Waals surface area contributed by atoms with Gasteiger partial charge in [0.05, 0.1) is 11.8 Å². The highest BCUT2D eigenvalue weighted by molar-refractivity contribution is 6.11. The first-order chi connectivity index (χ1) is 10.8. The maximum atomic E-state index is 12.8. The van der Waals surface area contributed by atoms with Crippen molar-refractivity contribution in [1.29, 1.82) is 5.26 Å². The molecule has 3 aromatic rings. The lowest BCUT2D eigenvalue weighted by Crippen LogP contribution is -2.12. The Balaban J connectivity index is 2.11. The van der Waals surface area contributed by atoms with Crippen LogP contribution in [0.25, 0.3) is 10.9 Å². The summed E-state index contributed by atoms with van der Waals surface area (Å²) in [4.78, 5) is 17.0. The monoisotopic (exact) mass is 289 g/mol. The Morgan fingerprint density at radius 1 is 1.27 bits per heavy atom. The zero-order chi connectivity index (χ0) is 15.5. The molecule has 1 aromatic carbocycles. The number of carbonyl (C=O) groups excluding carboxylic acids is 1. The molecule has 0 saturated heterocycles. The summed E-state index contributed by atoms with van der Waals surface area (Å²) in [5, 5.41) is 10.3. The van der Waals surface area contributed by atoms with E-state index in [9.17, 15) is 10.1 Å². The summed E-state index contributed by atoms with van der Waals surface area (Å²) in [5.74, 6) is -1.08. The molecule has 0 aliphatic rings. The number of carbonyl (C=O) groups is 1. The first-order valence-corrected chi connectivity index (χ1v) is 7.19. The predicted molar refractivity (Wildman–Crippen MR) is 84.5 cm³/mol. The van der Waals surface area contributed by atoms with E-state index in [-0.39, 0.29) is 5.78 Å². The van der Waals surface area contributed by atoms with E-state index in [2.05, 4.69) is 11.1 Å². The zero-order valence-corrected chi connectivity index (χ0v) is 12.2. The molecule has 0 fully saturated rings. The Morgan fingerprint density at radius 2 is 2.05 bits per heavy atom. The van der Waals surface area contributed by atoms with Gasteiger partial charge < -0.3 is 4.57 Å². The lowest BCUT2D eigenvalue weighted by molar-refractivity contribution is 0.0979. The van der Waals surface area contributed by atoms with Gasteiger partial charge in [0.15, 0.2) is 11.7 Å². The van der Waals surface area contributed by atoms with Crippen LogP contribution in [0.15, 0.2) is 54.9 Å². The highest BCUT2D eigenvalue weighted by atomic mass is 16.1. The Kier molecular flexibility index (Phi) is 3.71. The smallest absolute Gasteiger partial charge is 0.188 e. The van der Waals surface area contributed by atoms with Gasteiger partial charge in [-0.2, -0.15) is 5.26 Å². The van der Waals surface area contributed by atoms with E-state index in [1.54, 1.807) is 24.4 Å². The topological polar surface area (TPSA) is 58.7 Å². The summed E-state index contributed by atoms with van der Waals surface area (Å²) in [6, 6.07) is 15.1. The number of nitriles is 1. The number of aromatic nitrogens is 2. The minimum atomic E-state index is -0.877. The highest BCUT2D eigenvalue weighted by Crippen LogP contribution is 2.26. The van der Waals surface area contributed by atoms with Crippen molar-refractivity contribution >= 4 is 16.7 Å². The number of hydrogen-bond acceptors (Lipinski definition) is 3. The van der Waals surface area contributed by atoms with Gasteiger partial charge in [0.2, 0.25) is 0 Å². The molecule has 2 aromatic heterocycles. The molecular formula is C18H15N3O. The third kappa shape index (κ3) is 2.27. The van der Waals surface area contributed by atoms with Crippen molar-refractivity contribution < 1.29 is 4.79 Å². The number of rotatable bonds is 4. The molecule has 4 nitrogen and oxygen atoms in total. The second kappa shape index (κ2) is 5.82. The Bertz CT molecular complexity index is 859. The largest absolute Gasteiger partial charge is 0.347 e. The summed E-state index contributed by atoms with van der Waals surface area (Å²) >= 11 is 0. The van der Waals surface area contributed by atoms with Crippen molar-refractivity contribution in [2.24, 2.45) is 0 Å². The standard InChI is InChI=1S/C18H15N3O/c1-2-21-12-15(13-7-3-4-9-17(13)21)18(22)14(11-19)16-8-5-6-10-20-16/h3-10,12,14H,2H2,1H3. The Labute approximate surface area is 128 Å². The molecule has 1 unspecified atom stereocenters. The van der Waals surface area contributed by atoms with Crippen molar-refractivity contribution in [2.75, 3.05) is 0 Å². The van der Waals surface area contributed by atoms with E-state index in [4.69, 9.17) is 0 Å². The SMILES string of the molecule is CCn1cc(C(=O)C(C#N)c2ccccn2)c2ccccc21. The number of pyridine rings is 1. The second-order valence-corrected chi connectivity index (χ2v) is 5.03. The van der Waals surface area contributed by atoms with Gasteiger partial charge in [0, 0.05) is 35.4 Å². The van der Waals surface area contributed by atoms with Crippen LogP contribution >= 0.6 is 0 Å². The Morgan fingerprint density at radius 3 is 2.73 bits per heavy atom. The zero-order valence-electron chi connectivity index (χ0n) is 12.2. The van der Waals surface area contributed by atoms with Crippen LogP contribution in [-0.4, -0.2) is 15.3 Å². The minimum absolute atomic E-state index is 0.204. The van der Waals surface area contributed by atoms with Gasteiger partial charge >= 0.3 is 0 Å². The van der Waals surface area contributed by atoms with Crippen molar-refractivity contribution in [2.45, 2.75) is 19.4 Å². The van der Waals surface area contributed by atoms with Gasteiger partial charge in [-0.15, -0.1) is 0 Å². The van der Waals surface area contributed by atoms with Gasteiger partial charge in [-0.1, -0.05) is 24.3 Å². The molecule has 4 heteroatoms. The van der Waals surface area contributed by atoms with Crippen LogP contribution in [0.3, 0.4) is 0 Å². The van der Waals surface area contributed by atoms with Gasteiger partial charge in [0.1, 0.15) is 0 Å². The number of Topliss-reactive ketones (excluding diaryl/α,β-unsaturated/α-hetero) is 1. The molecule has 0 N–H and O–H groups in total. The summed E-state index contributed by atoms with van der Waals surface area (Å²) in [6.45, 7) is 2.80. The second-order valence-electron chi connectivity index (χ2n) is 5.03. The quantitative estimate of drug-likeness (QED) is 0.690. The van der Waals surface area contributed by atoms with Crippen LogP contribution in [0.2, 0.25) is 0 Å². The molecule has 0 radical (unpaired) electrons. The molecular weight excluding hydrogens is 274 g/mol. The van der Waals surface area contributed by atoms with E-state index >= 15 is 0 Å². The van der Waals surface area contributed by atoms with E-state index in [1.807, 2.05) is 42.0 Å². The van der Waals surface area contributed by atoms with E-state index < -0.39 is 5.92 Å². The summed E-state index contributed by atoms with van der Waals surface area (Å²) < 4.78 is 2.02. The maximum absolute atomic E-state index is 12.8. The summed E-state index contributed by atoms with van der Waals surface area (Å²) in [6.07, 6.45) is 3.43. The molecule has 1 atom stereocenters. The fourth-order valence-corrected chi connectivity index (χ4v) is 2.67. The summed E-state index contributed by atoms with van der Waals surface area (Å²) in [7, 11) is 0. The Hall–Kier alpha value is -2.93. The minimum Gasteiger partial charge on any atom is -0.347 e. The van der Waals surface area contributed by atoms with Gasteiger partial charge in [0.25, 0.3) is 0 Å². The number of aryl methyl sites for hydroxylation is 1. The number of fused-ring (bicyclic) bond motifs is 1. The number of hydrogen-bond donors (Lipinski definition) is 0. The highest BCUT2D eigenvalue weighted by Gasteiger charge is 2.25. The van der Waals surface area contributed by atoms with Gasteiger partial charge in [-0.05, 0) is 25.1 Å². The van der Waals surface area contributed by atoms with E-state index in [0.717, 1.165) is 17.4 Å². The summed E-state index contributed by atoms with van der Waals surface area (Å²) in [5.41, 5.74) is 2.07. The fourth-order valence-electron chi connectivity index (χ4n) is 2.67. The third-order valence-electron chi connectivity index (χ3n) is 3.77. The van der Waals surface area contributed by atoms with Crippen LogP contribution in [-0.2, 0) is 6.54 Å². The van der Waals surface area contributed by atoms with Crippen molar-refractivity contribution in [3.63, 3.8) is 0 Å². The fraction of sp³-hybridized carbons (Fsp3) is 0.167. The van der Waals surface area contributed by atoms with Crippen LogP contribution in [0.5, 0.6) is 0 Å². The van der Waals surface area contributed by atoms with Crippen LogP contribution in [0, 0.1) is 11.3 Å². The number of nitrogens with zero attached hydrogens (tertiary/aromatic N) is 3. The molecule has 0 spiro atoms. The molecule has 0 saturated carbocycles. The average molecular weight is 289 g/mol. The van der Waals surface area contributed by atoms with Crippen LogP contribution < -0.4 is 0 Å². The predicted octanol–water partition coefficient (Wildman–Crippen LogP) is 3.55. The first kappa shape index (κ1) is 14.0. The van der Waals surface area contributed by atoms with Crippen molar-refractivity contribution in [3.8, 4) is 6.07 Å². The molecule has 108 valence electrons. The molecule has 0 amide bonds. The van der Waals surface area contributed by atoms with Crippen LogP contribution in [0.1, 0.15) is 28.9 Å². The molecule has 0 aliphatic heterocycles. The van der Waals surface area contributed by atoms with Crippen LogP contribution in [0.4, 0.5) is 0 Å². The molecule has 0 aliphatic carbocycles. The average Bonchev–Trinajstić information content (AvgIpc) is 2.95. The lowest BCUT2D eigenvalue weighted by Gasteiger charge is -2.06. The van der Waals surface area contributed by atoms with Crippen molar-refractivity contribution in [1.82, 2.24) is 9.55 Å². The number of benzene rings is 1. The van der Waals surface area contributed by atoms with E-state index in [0.29, 0.717) is 11.3 Å². The third-order valence-corrected chi connectivity index (χ3v) is 3.77. The van der Waals surface area contributed by atoms with Crippen molar-refractivity contribution in [3.05, 3.63) is 66.1 Å². The molecule has 0 bridgehead atoms. The molecule has 22 heavy (non-hydrogen) atoms. The maximum Gasteiger partial charge on any atom is 0.188 e. The number of para-hydroxylation sites is 1.